The number of benzene rings is 1. The third-order valence-electron chi connectivity index (χ3n) is 3.74. The van der Waals surface area contributed by atoms with Gasteiger partial charge in [-0.1, -0.05) is 12.1 Å². The van der Waals surface area contributed by atoms with Crippen molar-refractivity contribution in [1.29, 1.82) is 0 Å². The van der Waals surface area contributed by atoms with E-state index >= 15 is 0 Å². The topological polar surface area (TPSA) is 49.9 Å². The highest BCUT2D eigenvalue weighted by molar-refractivity contribution is 7.99. The molecule has 2 saturated heterocycles. The summed E-state index contributed by atoms with van der Waals surface area (Å²) in [5, 5.41) is 0.583. The van der Waals surface area contributed by atoms with Gasteiger partial charge in [-0.3, -0.25) is 9.69 Å². The average Bonchev–Trinajstić information content (AvgIpc) is 3.04. The number of likely N-dealkylation sites (N-methyl/N-ethyl adjacent to an activating group) is 1. The van der Waals surface area contributed by atoms with Gasteiger partial charge in [-0.2, -0.15) is 0 Å². The number of hydrogen-bond donors (Lipinski definition) is 0. The third-order valence-corrected chi connectivity index (χ3v) is 5.55. The second-order valence-corrected chi connectivity index (χ2v) is 6.38. The van der Waals surface area contributed by atoms with Gasteiger partial charge in [0, 0.05) is 12.8 Å². The van der Waals surface area contributed by atoms with Gasteiger partial charge in [0.25, 0.3) is 5.91 Å². The van der Waals surface area contributed by atoms with Crippen molar-refractivity contribution >= 4 is 41.0 Å². The number of esters is 1. The van der Waals surface area contributed by atoms with Crippen LogP contribution in [-0.2, 0) is 9.53 Å². The van der Waals surface area contributed by atoms with E-state index in [0.29, 0.717) is 10.7 Å². The Kier molecular flexibility index (Phi) is 3.62. The summed E-state index contributed by atoms with van der Waals surface area (Å²) < 4.78 is 4.69. The number of amides is 1. The molecule has 0 saturated carbocycles. The van der Waals surface area contributed by atoms with Crippen molar-refractivity contribution in [2.75, 3.05) is 19.9 Å². The van der Waals surface area contributed by atoms with E-state index in [1.165, 1.54) is 12.0 Å². The Hall–Kier alpha value is -1.60. The third kappa shape index (κ3) is 2.20. The first-order valence-corrected chi connectivity index (χ1v) is 7.90. The van der Waals surface area contributed by atoms with Crippen molar-refractivity contribution < 1.29 is 14.3 Å². The molecular formula is C14H14N2O3S2. The predicted molar refractivity (Wildman–Crippen MR) is 84.0 cm³/mol. The van der Waals surface area contributed by atoms with E-state index in [0.717, 1.165) is 11.3 Å². The highest BCUT2D eigenvalue weighted by Crippen LogP contribution is 2.44. The molecule has 7 heteroatoms. The fourth-order valence-electron chi connectivity index (χ4n) is 2.58. The molecule has 2 heterocycles. The summed E-state index contributed by atoms with van der Waals surface area (Å²) in [6.07, 6.45) is 0. The Balaban J connectivity index is 1.86. The zero-order valence-electron chi connectivity index (χ0n) is 11.6. The van der Waals surface area contributed by atoms with Crippen LogP contribution in [0.15, 0.2) is 24.3 Å². The Bertz CT molecular complexity index is 617. The molecule has 1 aromatic carbocycles. The fraction of sp³-hybridized carbons (Fsp3) is 0.357. The minimum Gasteiger partial charge on any atom is -0.465 e. The maximum atomic E-state index is 12.1. The zero-order valence-corrected chi connectivity index (χ0v) is 13.2. The van der Waals surface area contributed by atoms with Gasteiger partial charge in [-0.25, -0.2) is 4.79 Å². The maximum Gasteiger partial charge on any atom is 0.337 e. The summed E-state index contributed by atoms with van der Waals surface area (Å²) >= 11 is 7.06. The number of rotatable bonds is 2. The van der Waals surface area contributed by atoms with Crippen molar-refractivity contribution in [1.82, 2.24) is 9.80 Å². The summed E-state index contributed by atoms with van der Waals surface area (Å²) in [6, 6.07) is 7.08. The average molecular weight is 322 g/mol. The van der Waals surface area contributed by atoms with Gasteiger partial charge in [0.15, 0.2) is 5.11 Å². The van der Waals surface area contributed by atoms with Crippen LogP contribution < -0.4 is 0 Å². The van der Waals surface area contributed by atoms with Gasteiger partial charge in [0.1, 0.15) is 11.4 Å². The Labute approximate surface area is 132 Å². The maximum absolute atomic E-state index is 12.1. The van der Waals surface area contributed by atoms with Crippen molar-refractivity contribution in [3.8, 4) is 0 Å². The van der Waals surface area contributed by atoms with Gasteiger partial charge in [0.2, 0.25) is 0 Å². The highest BCUT2D eigenvalue weighted by atomic mass is 32.2. The molecule has 0 spiro atoms. The van der Waals surface area contributed by atoms with E-state index < -0.39 is 0 Å². The first-order chi connectivity index (χ1) is 10.0. The van der Waals surface area contributed by atoms with E-state index in [-0.39, 0.29) is 23.3 Å². The monoisotopic (exact) mass is 322 g/mol. The van der Waals surface area contributed by atoms with Crippen LogP contribution in [0.25, 0.3) is 0 Å². The normalized spacial score (nSPS) is 24.5. The Morgan fingerprint density at radius 3 is 2.67 bits per heavy atom. The fourth-order valence-corrected chi connectivity index (χ4v) is 4.39. The van der Waals surface area contributed by atoms with E-state index in [1.54, 1.807) is 30.9 Å². The number of hydrogen-bond acceptors (Lipinski definition) is 5. The predicted octanol–water partition coefficient (Wildman–Crippen LogP) is 1.65. The van der Waals surface area contributed by atoms with Crippen LogP contribution in [0.2, 0.25) is 0 Å². The standard InChI is InChI=1S/C14H14N2O3S2/c1-15-11(17)10-7-21-12(16(10)14(15)20)8-3-5-9(6-4-8)13(18)19-2/h3-6,10,12H,7H2,1-2H3/t10-,12-/m0/s1. The lowest BCUT2D eigenvalue weighted by Gasteiger charge is -2.24. The molecule has 3 rings (SSSR count). The number of fused-ring (bicyclic) bond motifs is 1. The van der Waals surface area contributed by atoms with E-state index in [4.69, 9.17) is 12.2 Å². The van der Waals surface area contributed by atoms with Crippen LogP contribution in [0, 0.1) is 0 Å². The lowest BCUT2D eigenvalue weighted by molar-refractivity contribution is -0.126. The number of carbonyl (C=O) groups is 2. The molecule has 0 N–H and O–H groups in total. The first-order valence-electron chi connectivity index (χ1n) is 6.44. The molecule has 0 aromatic heterocycles. The molecule has 110 valence electrons. The molecule has 2 fully saturated rings. The Morgan fingerprint density at radius 1 is 1.38 bits per heavy atom. The zero-order chi connectivity index (χ0) is 15.1. The quantitative estimate of drug-likeness (QED) is 0.609. The van der Waals surface area contributed by atoms with Crippen LogP contribution in [-0.4, -0.2) is 52.7 Å². The number of methoxy groups -OCH3 is 1. The lowest BCUT2D eigenvalue weighted by atomic mass is 10.1. The van der Waals surface area contributed by atoms with Crippen LogP contribution >= 0.6 is 24.0 Å². The number of carbonyl (C=O) groups excluding carboxylic acids is 2. The van der Waals surface area contributed by atoms with E-state index in [1.807, 2.05) is 17.0 Å². The van der Waals surface area contributed by atoms with Crippen LogP contribution in [0.3, 0.4) is 0 Å². The molecule has 21 heavy (non-hydrogen) atoms. The molecule has 2 aliphatic rings. The van der Waals surface area contributed by atoms with Crippen molar-refractivity contribution in [3.63, 3.8) is 0 Å². The molecular weight excluding hydrogens is 308 g/mol. The number of ether oxygens (including phenoxy) is 1. The molecule has 2 atom stereocenters. The molecule has 1 aromatic rings. The summed E-state index contributed by atoms with van der Waals surface area (Å²) in [6.45, 7) is 0. The highest BCUT2D eigenvalue weighted by Gasteiger charge is 2.48. The van der Waals surface area contributed by atoms with Gasteiger partial charge >= 0.3 is 5.97 Å². The van der Waals surface area contributed by atoms with Crippen LogP contribution in [0.1, 0.15) is 21.3 Å². The van der Waals surface area contributed by atoms with Gasteiger partial charge in [-0.15, -0.1) is 11.8 Å². The number of nitrogens with zero attached hydrogens (tertiary/aromatic N) is 2. The molecule has 5 nitrogen and oxygen atoms in total. The van der Waals surface area contributed by atoms with Crippen molar-refractivity contribution in [3.05, 3.63) is 35.4 Å². The number of thiocarbonyl (C=S) groups is 1. The van der Waals surface area contributed by atoms with Crippen molar-refractivity contribution in [2.24, 2.45) is 0 Å². The molecule has 2 aliphatic heterocycles. The minimum atomic E-state index is -0.356. The molecule has 0 radical (unpaired) electrons. The van der Waals surface area contributed by atoms with Crippen LogP contribution in [0.5, 0.6) is 0 Å². The Morgan fingerprint density at radius 2 is 2.05 bits per heavy atom. The SMILES string of the molecule is COC(=O)c1ccc([C@@H]2SC[C@H]3C(=O)N(C)C(=S)N32)cc1. The summed E-state index contributed by atoms with van der Waals surface area (Å²) in [5.74, 6) is 0.429. The molecule has 0 bridgehead atoms. The summed E-state index contributed by atoms with van der Waals surface area (Å²) in [7, 11) is 3.07. The number of thioether (sulfide) groups is 1. The second kappa shape index (κ2) is 5.31. The van der Waals surface area contributed by atoms with E-state index in [9.17, 15) is 9.59 Å². The van der Waals surface area contributed by atoms with Gasteiger partial charge in [0.05, 0.1) is 12.7 Å². The van der Waals surface area contributed by atoms with Crippen molar-refractivity contribution in [2.45, 2.75) is 11.4 Å². The second-order valence-electron chi connectivity index (χ2n) is 4.90. The van der Waals surface area contributed by atoms with E-state index in [2.05, 4.69) is 4.74 Å². The van der Waals surface area contributed by atoms with Gasteiger partial charge in [-0.05, 0) is 29.9 Å². The lowest BCUT2D eigenvalue weighted by Crippen LogP contribution is -2.32. The summed E-state index contributed by atoms with van der Waals surface area (Å²) in [5.41, 5.74) is 1.54. The molecule has 0 aliphatic carbocycles. The largest absolute Gasteiger partial charge is 0.465 e. The van der Waals surface area contributed by atoms with Gasteiger partial charge < -0.3 is 9.64 Å². The summed E-state index contributed by atoms with van der Waals surface area (Å²) in [4.78, 5) is 27.1. The first kappa shape index (κ1) is 14.3. The molecule has 0 unspecified atom stereocenters. The minimum absolute atomic E-state index is 0.0168. The van der Waals surface area contributed by atoms with Crippen LogP contribution in [0.4, 0.5) is 0 Å². The smallest absolute Gasteiger partial charge is 0.337 e. The molecule has 1 amide bonds.